The van der Waals surface area contributed by atoms with Crippen molar-refractivity contribution < 1.29 is 4.57 Å². The van der Waals surface area contributed by atoms with Crippen molar-refractivity contribution in [3.8, 4) is 0 Å². The third kappa shape index (κ3) is 7.51. The number of benzene rings is 1. The number of hydrogen-bond donors (Lipinski definition) is 1. The van der Waals surface area contributed by atoms with Gasteiger partial charge in [0, 0.05) is 45.6 Å². The van der Waals surface area contributed by atoms with E-state index in [9.17, 15) is 0 Å². The Bertz CT molecular complexity index is 734. The molecule has 0 amide bonds. The summed E-state index contributed by atoms with van der Waals surface area (Å²) in [6.45, 7) is 15.4. The molecule has 1 saturated heterocycles. The average molecular weight is 415 g/mol. The molecule has 0 radical (unpaired) electrons. The van der Waals surface area contributed by atoms with Crippen LogP contribution in [0.1, 0.15) is 19.3 Å². The zero-order valence-corrected chi connectivity index (χ0v) is 19.7. The molecule has 0 saturated carbocycles. The van der Waals surface area contributed by atoms with Gasteiger partial charge in [-0.05, 0) is 50.1 Å². The Morgan fingerprint density at radius 3 is 2.52 bits per heavy atom. The van der Waals surface area contributed by atoms with Gasteiger partial charge >= 0.3 is 0 Å². The number of nitrogens with zero attached hydrogens (tertiary/aromatic N) is 4. The van der Waals surface area contributed by atoms with Gasteiger partial charge in [-0.1, -0.05) is 25.7 Å². The molecule has 29 heavy (non-hydrogen) atoms. The molecule has 0 spiro atoms. The predicted molar refractivity (Wildman–Crippen MR) is 126 cm³/mol. The topological polar surface area (TPSA) is 41.3 Å². The Hall–Kier alpha value is -1.79. The summed E-state index contributed by atoms with van der Waals surface area (Å²) in [5.41, 5.74) is 7.96. The second-order valence-corrected chi connectivity index (χ2v) is 15.3. The summed E-state index contributed by atoms with van der Waals surface area (Å²) < 4.78 is 4.71. The van der Waals surface area contributed by atoms with Crippen molar-refractivity contribution >= 4 is 19.4 Å². The molecule has 0 atom stereocenters. The van der Waals surface area contributed by atoms with Gasteiger partial charge in [0.05, 0.1) is 13.1 Å². The van der Waals surface area contributed by atoms with Crippen molar-refractivity contribution in [3.63, 3.8) is 0 Å². The standard InChI is InChI=1S/C23H40N5Si/c1-29(2,3)20-6-14-27-17-16-26(21-27)13-4-11-25-12-5-15-28(19-18-25)23-9-7-22(24)8-10-23/h7-10,16-17,21H,4-6,11-15,18-20,24H2,1-3H3/q+1. The van der Waals surface area contributed by atoms with Crippen LogP contribution in [-0.2, 0) is 13.1 Å². The molecule has 5 nitrogen and oxygen atoms in total. The van der Waals surface area contributed by atoms with E-state index in [1.54, 1.807) is 0 Å². The third-order valence-corrected chi connectivity index (χ3v) is 7.68. The third-order valence-electron chi connectivity index (χ3n) is 5.83. The number of aryl methyl sites for hydroxylation is 2. The molecule has 2 aromatic rings. The SMILES string of the molecule is C[Si](C)(C)CCC[n+]1ccn(CCCN2CCCN(c3ccc(N)cc3)CC2)c1. The number of nitrogens with two attached hydrogens (primary N) is 1. The van der Waals surface area contributed by atoms with Crippen LogP contribution in [0.15, 0.2) is 43.0 Å². The maximum Gasteiger partial charge on any atom is 0.243 e. The van der Waals surface area contributed by atoms with Gasteiger partial charge in [-0.25, -0.2) is 9.13 Å². The molecule has 2 N–H and O–H groups in total. The van der Waals surface area contributed by atoms with Crippen molar-refractivity contribution in [1.29, 1.82) is 0 Å². The Balaban J connectivity index is 1.37. The molecular formula is C23H40N5Si+. The fraction of sp³-hybridized carbons (Fsp3) is 0.609. The molecule has 0 bridgehead atoms. The molecule has 0 aliphatic carbocycles. The lowest BCUT2D eigenvalue weighted by molar-refractivity contribution is -0.696. The number of anilines is 2. The second kappa shape index (κ2) is 10.3. The van der Waals surface area contributed by atoms with E-state index in [-0.39, 0.29) is 0 Å². The lowest BCUT2D eigenvalue weighted by Crippen LogP contribution is -2.33. The van der Waals surface area contributed by atoms with E-state index < -0.39 is 8.07 Å². The first-order valence-corrected chi connectivity index (χ1v) is 15.0. The normalized spacial score (nSPS) is 16.2. The van der Waals surface area contributed by atoms with Gasteiger partial charge in [0.15, 0.2) is 0 Å². The monoisotopic (exact) mass is 414 g/mol. The van der Waals surface area contributed by atoms with E-state index in [0.717, 1.165) is 38.4 Å². The van der Waals surface area contributed by atoms with Crippen LogP contribution in [0.5, 0.6) is 0 Å². The first kappa shape index (κ1) is 21.9. The van der Waals surface area contributed by atoms with Gasteiger partial charge in [0.25, 0.3) is 0 Å². The van der Waals surface area contributed by atoms with Crippen LogP contribution in [0.3, 0.4) is 0 Å². The molecule has 1 aliphatic rings. The fourth-order valence-electron chi connectivity index (χ4n) is 4.11. The first-order valence-electron chi connectivity index (χ1n) is 11.3. The van der Waals surface area contributed by atoms with Gasteiger partial charge in [0.2, 0.25) is 6.33 Å². The van der Waals surface area contributed by atoms with Crippen LogP contribution in [-0.4, -0.2) is 50.3 Å². The Morgan fingerprint density at radius 2 is 1.76 bits per heavy atom. The Kier molecular flexibility index (Phi) is 7.78. The highest BCUT2D eigenvalue weighted by atomic mass is 28.3. The number of rotatable bonds is 9. The molecule has 0 unspecified atom stereocenters. The molecule has 1 aliphatic heterocycles. The predicted octanol–water partition coefficient (Wildman–Crippen LogP) is 3.69. The smallest absolute Gasteiger partial charge is 0.243 e. The van der Waals surface area contributed by atoms with Crippen molar-refractivity contribution in [3.05, 3.63) is 43.0 Å². The maximum atomic E-state index is 5.83. The minimum absolute atomic E-state index is 0.840. The highest BCUT2D eigenvalue weighted by molar-refractivity contribution is 6.76. The molecule has 6 heteroatoms. The van der Waals surface area contributed by atoms with Gasteiger partial charge in [-0.15, -0.1) is 0 Å². The van der Waals surface area contributed by atoms with Crippen LogP contribution in [0.25, 0.3) is 0 Å². The van der Waals surface area contributed by atoms with Gasteiger partial charge in [-0.2, -0.15) is 0 Å². The zero-order valence-electron chi connectivity index (χ0n) is 18.7. The van der Waals surface area contributed by atoms with Crippen LogP contribution in [0, 0.1) is 0 Å². The van der Waals surface area contributed by atoms with Gasteiger partial charge in [-0.3, -0.25) is 0 Å². The molecule has 3 rings (SSSR count). The van der Waals surface area contributed by atoms with Crippen LogP contribution in [0.2, 0.25) is 25.7 Å². The van der Waals surface area contributed by atoms with E-state index >= 15 is 0 Å². The minimum atomic E-state index is -0.913. The van der Waals surface area contributed by atoms with Crippen LogP contribution >= 0.6 is 0 Å². The molecule has 2 heterocycles. The van der Waals surface area contributed by atoms with Crippen molar-refractivity contribution in [2.75, 3.05) is 43.4 Å². The highest BCUT2D eigenvalue weighted by Gasteiger charge is 2.16. The minimum Gasteiger partial charge on any atom is -0.399 e. The second-order valence-electron chi connectivity index (χ2n) is 9.68. The number of hydrogen-bond acceptors (Lipinski definition) is 3. The molecule has 1 aromatic heterocycles. The van der Waals surface area contributed by atoms with E-state index in [4.69, 9.17) is 5.73 Å². The fourth-order valence-corrected chi connectivity index (χ4v) is 5.33. The summed E-state index contributed by atoms with van der Waals surface area (Å²) in [7, 11) is -0.913. The summed E-state index contributed by atoms with van der Waals surface area (Å²) in [6.07, 6.45) is 10.5. The van der Waals surface area contributed by atoms with E-state index in [0.29, 0.717) is 0 Å². The Labute approximate surface area is 178 Å². The van der Waals surface area contributed by atoms with Crippen molar-refractivity contribution in [1.82, 2.24) is 9.47 Å². The summed E-state index contributed by atoms with van der Waals surface area (Å²) >= 11 is 0. The molecular weight excluding hydrogens is 374 g/mol. The largest absolute Gasteiger partial charge is 0.399 e. The lowest BCUT2D eigenvalue weighted by atomic mass is 10.2. The number of imidazole rings is 1. The van der Waals surface area contributed by atoms with E-state index in [1.165, 1.54) is 44.1 Å². The molecule has 160 valence electrons. The summed E-state index contributed by atoms with van der Waals surface area (Å²) in [6, 6.07) is 9.72. The van der Waals surface area contributed by atoms with Crippen LogP contribution < -0.4 is 15.2 Å². The highest BCUT2D eigenvalue weighted by Crippen LogP contribution is 2.18. The lowest BCUT2D eigenvalue weighted by Gasteiger charge is -2.23. The number of aromatic nitrogens is 2. The first-order chi connectivity index (χ1) is 13.9. The van der Waals surface area contributed by atoms with E-state index in [2.05, 4.69) is 69.4 Å². The maximum absolute atomic E-state index is 5.83. The summed E-state index contributed by atoms with van der Waals surface area (Å²) in [5, 5.41) is 0. The molecule has 1 aromatic carbocycles. The van der Waals surface area contributed by atoms with E-state index in [1.807, 2.05) is 12.1 Å². The zero-order chi connectivity index (χ0) is 20.7. The van der Waals surface area contributed by atoms with Crippen LogP contribution in [0.4, 0.5) is 11.4 Å². The molecule has 1 fully saturated rings. The van der Waals surface area contributed by atoms with Crippen molar-refractivity contribution in [2.45, 2.75) is 58.0 Å². The average Bonchev–Trinajstić information content (AvgIpc) is 2.97. The number of nitrogen functional groups attached to an aromatic ring is 1. The summed E-state index contributed by atoms with van der Waals surface area (Å²) in [5.74, 6) is 0. The Morgan fingerprint density at radius 1 is 0.966 bits per heavy atom. The summed E-state index contributed by atoms with van der Waals surface area (Å²) in [4.78, 5) is 5.12. The quantitative estimate of drug-likeness (QED) is 0.386. The van der Waals surface area contributed by atoms with Crippen molar-refractivity contribution in [2.24, 2.45) is 0 Å². The van der Waals surface area contributed by atoms with Gasteiger partial charge < -0.3 is 15.5 Å². The van der Waals surface area contributed by atoms with Gasteiger partial charge in [0.1, 0.15) is 12.4 Å².